The molecule has 0 spiro atoms. The fourth-order valence-electron chi connectivity index (χ4n) is 3.04. The highest BCUT2D eigenvalue weighted by Crippen LogP contribution is 2.18. The van der Waals surface area contributed by atoms with Crippen molar-refractivity contribution < 1.29 is 19.2 Å². The quantitative estimate of drug-likeness (QED) is 0.631. The number of carbonyl (C=O) groups excluding carboxylic acids is 1. The number of rotatable bonds is 8. The molecule has 0 aromatic heterocycles. The number of nitrogens with one attached hydrogen (secondary N) is 1. The Kier molecular flexibility index (Phi) is 6.76. The minimum Gasteiger partial charge on any atom is -0.497 e. The molecule has 3 aromatic rings. The van der Waals surface area contributed by atoms with Crippen LogP contribution in [0.2, 0.25) is 0 Å². The summed E-state index contributed by atoms with van der Waals surface area (Å²) in [4.78, 5) is 13.0. The van der Waals surface area contributed by atoms with Crippen LogP contribution in [0.25, 0.3) is 0 Å². The van der Waals surface area contributed by atoms with Crippen molar-refractivity contribution in [3.63, 3.8) is 0 Å². The molecule has 5 heteroatoms. The second kappa shape index (κ2) is 9.67. The molecule has 28 heavy (non-hydrogen) atoms. The Bertz CT molecular complexity index is 898. The summed E-state index contributed by atoms with van der Waals surface area (Å²) in [5, 5.41) is 4.98. The highest BCUT2D eigenvalue weighted by molar-refractivity contribution is 5.94. The molecule has 0 aliphatic carbocycles. The number of anilines is 1. The zero-order valence-corrected chi connectivity index (χ0v) is 15.8. The third-order valence-electron chi connectivity index (χ3n) is 4.53. The molecule has 144 valence electrons. The van der Waals surface area contributed by atoms with Crippen LogP contribution in [0, 0.1) is 5.82 Å². The average Bonchev–Trinajstić information content (AvgIpc) is 2.73. The van der Waals surface area contributed by atoms with E-state index in [1.807, 2.05) is 53.8 Å². The molecule has 0 unspecified atom stereocenters. The van der Waals surface area contributed by atoms with Gasteiger partial charge in [0.05, 0.1) is 13.7 Å². The van der Waals surface area contributed by atoms with Crippen LogP contribution in [0.15, 0.2) is 78.9 Å². The first-order valence-electron chi connectivity index (χ1n) is 9.23. The Balaban J connectivity index is 1.69. The van der Waals surface area contributed by atoms with Crippen molar-refractivity contribution in [3.8, 4) is 5.75 Å². The first-order valence-corrected chi connectivity index (χ1v) is 9.23. The van der Waals surface area contributed by atoms with Gasteiger partial charge < -0.3 is 15.4 Å². The number of methoxy groups -OCH3 is 1. The van der Waals surface area contributed by atoms with E-state index in [1.54, 1.807) is 25.3 Å². The van der Waals surface area contributed by atoms with E-state index in [9.17, 15) is 9.18 Å². The van der Waals surface area contributed by atoms with E-state index in [1.165, 1.54) is 12.1 Å². The van der Waals surface area contributed by atoms with Crippen LogP contribution in [0.4, 0.5) is 10.1 Å². The Morgan fingerprint density at radius 3 is 2.50 bits per heavy atom. The fraction of sp³-hybridized carbons (Fsp3) is 0.174. The van der Waals surface area contributed by atoms with E-state index in [0.717, 1.165) is 17.5 Å². The van der Waals surface area contributed by atoms with E-state index in [4.69, 9.17) is 4.74 Å². The predicted molar refractivity (Wildman–Crippen MR) is 108 cm³/mol. The fourth-order valence-corrected chi connectivity index (χ4v) is 3.04. The lowest BCUT2D eigenvalue weighted by Gasteiger charge is -2.16. The summed E-state index contributed by atoms with van der Waals surface area (Å²) in [5.41, 5.74) is 2.66. The van der Waals surface area contributed by atoms with Gasteiger partial charge in [0.15, 0.2) is 6.04 Å². The maximum atomic E-state index is 13.1. The molecular formula is C23H24FN2O2+. The van der Waals surface area contributed by atoms with Gasteiger partial charge in [-0.1, -0.05) is 48.5 Å². The second-order valence-corrected chi connectivity index (χ2v) is 6.51. The number of benzene rings is 3. The average molecular weight is 379 g/mol. The van der Waals surface area contributed by atoms with Crippen LogP contribution in [-0.4, -0.2) is 19.6 Å². The van der Waals surface area contributed by atoms with E-state index >= 15 is 0 Å². The summed E-state index contributed by atoms with van der Waals surface area (Å²) in [6.07, 6.45) is 0.746. The van der Waals surface area contributed by atoms with Crippen LogP contribution in [0.1, 0.15) is 17.2 Å². The number of quaternary nitrogens is 1. The van der Waals surface area contributed by atoms with Gasteiger partial charge in [0, 0.05) is 23.7 Å². The SMILES string of the molecule is COc1cccc(NC(=O)[C@@H]([NH2+]CCc2ccc(F)cc2)c2ccccc2)c1. The van der Waals surface area contributed by atoms with Gasteiger partial charge in [-0.3, -0.25) is 4.79 Å². The van der Waals surface area contributed by atoms with Crippen molar-refractivity contribution in [1.82, 2.24) is 0 Å². The number of nitrogens with two attached hydrogens (primary N) is 1. The number of amides is 1. The Morgan fingerprint density at radius 2 is 1.79 bits per heavy atom. The maximum Gasteiger partial charge on any atom is 0.287 e. The molecule has 0 aliphatic rings. The van der Waals surface area contributed by atoms with Gasteiger partial charge in [-0.05, 0) is 29.8 Å². The first kappa shape index (κ1) is 19.6. The summed E-state index contributed by atoms with van der Waals surface area (Å²) in [7, 11) is 1.59. The smallest absolute Gasteiger partial charge is 0.287 e. The molecule has 1 amide bonds. The van der Waals surface area contributed by atoms with E-state index < -0.39 is 0 Å². The van der Waals surface area contributed by atoms with Gasteiger partial charge in [-0.2, -0.15) is 0 Å². The number of hydrogen-bond donors (Lipinski definition) is 2. The van der Waals surface area contributed by atoms with Crippen LogP contribution in [-0.2, 0) is 11.2 Å². The standard InChI is InChI=1S/C23H23FN2O2/c1-28-21-9-5-8-20(16-21)26-23(27)22(18-6-3-2-4-7-18)25-15-14-17-10-12-19(24)13-11-17/h2-13,16,22,25H,14-15H2,1H3,(H,26,27)/p+1/t22-/m0/s1. The molecule has 3 N–H and O–H groups in total. The van der Waals surface area contributed by atoms with Gasteiger partial charge in [0.25, 0.3) is 5.91 Å². The molecule has 3 rings (SSSR count). The molecule has 3 aromatic carbocycles. The van der Waals surface area contributed by atoms with Crippen molar-refractivity contribution in [3.05, 3.63) is 95.8 Å². The monoisotopic (exact) mass is 379 g/mol. The number of halogens is 1. The third kappa shape index (κ3) is 5.41. The number of carbonyl (C=O) groups is 1. The summed E-state index contributed by atoms with van der Waals surface area (Å²) in [5.74, 6) is 0.348. The van der Waals surface area contributed by atoms with E-state index in [2.05, 4.69) is 5.32 Å². The van der Waals surface area contributed by atoms with Crippen LogP contribution in [0.5, 0.6) is 5.75 Å². The summed E-state index contributed by atoms with van der Waals surface area (Å²) in [6, 6.07) is 23.1. The Labute approximate surface area is 164 Å². The Hall–Kier alpha value is -3.18. The van der Waals surface area contributed by atoms with E-state index in [0.29, 0.717) is 18.0 Å². The molecule has 0 aliphatic heterocycles. The number of hydrogen-bond acceptors (Lipinski definition) is 2. The van der Waals surface area contributed by atoms with Crippen LogP contribution >= 0.6 is 0 Å². The molecule has 0 heterocycles. The van der Waals surface area contributed by atoms with Crippen molar-refractivity contribution in [2.45, 2.75) is 12.5 Å². The van der Waals surface area contributed by atoms with Gasteiger partial charge in [0.1, 0.15) is 11.6 Å². The summed E-state index contributed by atoms with van der Waals surface area (Å²) < 4.78 is 18.3. The lowest BCUT2D eigenvalue weighted by atomic mass is 10.1. The molecule has 0 bridgehead atoms. The molecule has 4 nitrogen and oxygen atoms in total. The second-order valence-electron chi connectivity index (χ2n) is 6.51. The largest absolute Gasteiger partial charge is 0.497 e. The summed E-state index contributed by atoms with van der Waals surface area (Å²) in [6.45, 7) is 0.705. The lowest BCUT2D eigenvalue weighted by Crippen LogP contribution is -2.87. The molecular weight excluding hydrogens is 355 g/mol. The topological polar surface area (TPSA) is 54.9 Å². The first-order chi connectivity index (χ1) is 13.7. The highest BCUT2D eigenvalue weighted by atomic mass is 19.1. The van der Waals surface area contributed by atoms with E-state index in [-0.39, 0.29) is 17.8 Å². The van der Waals surface area contributed by atoms with Gasteiger partial charge >= 0.3 is 0 Å². The van der Waals surface area contributed by atoms with Crippen molar-refractivity contribution in [2.24, 2.45) is 0 Å². The van der Waals surface area contributed by atoms with Gasteiger partial charge in [-0.25, -0.2) is 4.39 Å². The summed E-state index contributed by atoms with van der Waals surface area (Å²) >= 11 is 0. The zero-order chi connectivity index (χ0) is 19.8. The molecule has 0 fully saturated rings. The van der Waals surface area contributed by atoms with Gasteiger partial charge in [-0.15, -0.1) is 0 Å². The predicted octanol–water partition coefficient (Wildman–Crippen LogP) is 3.32. The molecule has 0 saturated carbocycles. The van der Waals surface area contributed by atoms with Crippen molar-refractivity contribution in [1.29, 1.82) is 0 Å². The maximum absolute atomic E-state index is 13.1. The van der Waals surface area contributed by atoms with Crippen LogP contribution < -0.4 is 15.4 Å². The highest BCUT2D eigenvalue weighted by Gasteiger charge is 2.24. The molecule has 1 atom stereocenters. The zero-order valence-electron chi connectivity index (χ0n) is 15.8. The Morgan fingerprint density at radius 1 is 1.04 bits per heavy atom. The third-order valence-corrected chi connectivity index (χ3v) is 4.53. The minimum absolute atomic E-state index is 0.0986. The molecule has 0 radical (unpaired) electrons. The normalized spacial score (nSPS) is 11.6. The van der Waals surface area contributed by atoms with Crippen molar-refractivity contribution >= 4 is 11.6 Å². The van der Waals surface area contributed by atoms with Crippen LogP contribution in [0.3, 0.4) is 0 Å². The minimum atomic E-state index is -0.382. The lowest BCUT2D eigenvalue weighted by molar-refractivity contribution is -0.682. The van der Waals surface area contributed by atoms with Crippen molar-refractivity contribution in [2.75, 3.05) is 19.0 Å². The van der Waals surface area contributed by atoms with Gasteiger partial charge in [0.2, 0.25) is 0 Å². The number of ether oxygens (including phenoxy) is 1. The molecule has 0 saturated heterocycles.